The molecule has 9 nitrogen and oxygen atoms in total. The van der Waals surface area contributed by atoms with Crippen molar-refractivity contribution in [2.24, 2.45) is 0 Å². The number of carbonyl (C=O) groups is 1. The van der Waals surface area contributed by atoms with E-state index in [1.165, 1.54) is 5.39 Å². The number of hydrogen-bond donors (Lipinski definition) is 1. The number of rotatable bonds is 8. The molecule has 1 amide bonds. The molecule has 0 bridgehead atoms. The summed E-state index contributed by atoms with van der Waals surface area (Å²) in [5, 5.41) is 5.33. The molecule has 0 atom stereocenters. The number of benzene rings is 2. The zero-order chi connectivity index (χ0) is 24.9. The Morgan fingerprint density at radius 2 is 1.89 bits per heavy atom. The highest BCUT2D eigenvalue weighted by atomic mass is 16.5. The van der Waals surface area contributed by atoms with Crippen LogP contribution in [0, 0.1) is 0 Å². The van der Waals surface area contributed by atoms with E-state index < -0.39 is 0 Å². The maximum absolute atomic E-state index is 12.7. The number of methoxy groups -OCH3 is 2. The van der Waals surface area contributed by atoms with E-state index >= 15 is 0 Å². The Hall–Kier alpha value is -4.11. The third kappa shape index (κ3) is 5.26. The molecule has 0 saturated carbocycles. The SMILES string of the molecule is COc1ccc(/C=C/C(=O)N2CCN(Cc3noc(Cc4c[nH]c5ccccc45)n3)CC2)cc1OC. The molecule has 0 spiro atoms. The van der Waals surface area contributed by atoms with Crippen LogP contribution in [0.1, 0.15) is 22.8 Å². The molecule has 1 aliphatic rings. The summed E-state index contributed by atoms with van der Waals surface area (Å²) in [6, 6.07) is 13.7. The molecule has 0 aliphatic carbocycles. The van der Waals surface area contributed by atoms with Crippen LogP contribution in [0.15, 0.2) is 59.3 Å². The van der Waals surface area contributed by atoms with Gasteiger partial charge in [-0.25, -0.2) is 0 Å². The second kappa shape index (κ2) is 10.7. The van der Waals surface area contributed by atoms with Gasteiger partial charge in [0.05, 0.1) is 27.2 Å². The van der Waals surface area contributed by atoms with Gasteiger partial charge in [0.15, 0.2) is 17.3 Å². The van der Waals surface area contributed by atoms with Crippen LogP contribution in [-0.2, 0) is 17.8 Å². The smallest absolute Gasteiger partial charge is 0.246 e. The molecule has 2 aromatic heterocycles. The Balaban J connectivity index is 1.12. The summed E-state index contributed by atoms with van der Waals surface area (Å²) in [6.07, 6.45) is 5.98. The first-order valence-corrected chi connectivity index (χ1v) is 11.9. The Bertz CT molecular complexity index is 1370. The van der Waals surface area contributed by atoms with E-state index in [1.807, 2.05) is 41.4 Å². The van der Waals surface area contributed by atoms with Crippen molar-refractivity contribution in [1.82, 2.24) is 24.9 Å². The van der Waals surface area contributed by atoms with Crippen LogP contribution in [0.25, 0.3) is 17.0 Å². The summed E-state index contributed by atoms with van der Waals surface area (Å²) in [5.41, 5.74) is 3.10. The van der Waals surface area contributed by atoms with Crippen molar-refractivity contribution in [2.75, 3.05) is 40.4 Å². The van der Waals surface area contributed by atoms with Crippen molar-refractivity contribution in [3.8, 4) is 11.5 Å². The molecule has 1 fully saturated rings. The van der Waals surface area contributed by atoms with Crippen LogP contribution in [0.3, 0.4) is 0 Å². The van der Waals surface area contributed by atoms with Crippen LogP contribution in [0.2, 0.25) is 0 Å². The Morgan fingerprint density at radius 1 is 1.08 bits per heavy atom. The molecule has 5 rings (SSSR count). The Morgan fingerprint density at radius 3 is 2.69 bits per heavy atom. The minimum Gasteiger partial charge on any atom is -0.493 e. The number of piperazine rings is 1. The number of aromatic nitrogens is 3. The van der Waals surface area contributed by atoms with Gasteiger partial charge in [-0.3, -0.25) is 9.69 Å². The van der Waals surface area contributed by atoms with Gasteiger partial charge in [0, 0.05) is 49.4 Å². The average Bonchev–Trinajstić information content (AvgIpc) is 3.54. The zero-order valence-corrected chi connectivity index (χ0v) is 20.4. The number of nitrogens with one attached hydrogen (secondary N) is 1. The van der Waals surface area contributed by atoms with Gasteiger partial charge in [-0.05, 0) is 35.4 Å². The fraction of sp³-hybridized carbons (Fsp3) is 0.296. The number of carbonyl (C=O) groups excluding carboxylic acids is 1. The molecule has 186 valence electrons. The van der Waals surface area contributed by atoms with E-state index in [4.69, 9.17) is 14.0 Å². The van der Waals surface area contributed by atoms with Gasteiger partial charge in [0.25, 0.3) is 0 Å². The molecule has 1 N–H and O–H groups in total. The van der Waals surface area contributed by atoms with Crippen molar-refractivity contribution in [1.29, 1.82) is 0 Å². The monoisotopic (exact) mass is 487 g/mol. The fourth-order valence-corrected chi connectivity index (χ4v) is 4.42. The number of aromatic amines is 1. The highest BCUT2D eigenvalue weighted by Crippen LogP contribution is 2.28. The molecule has 0 radical (unpaired) electrons. The first kappa shape index (κ1) is 23.6. The molecule has 0 unspecified atom stereocenters. The largest absolute Gasteiger partial charge is 0.493 e. The lowest BCUT2D eigenvalue weighted by Gasteiger charge is -2.33. The second-order valence-electron chi connectivity index (χ2n) is 8.69. The Labute approximate surface area is 209 Å². The van der Waals surface area contributed by atoms with Crippen molar-refractivity contribution in [3.63, 3.8) is 0 Å². The summed E-state index contributed by atoms with van der Waals surface area (Å²) >= 11 is 0. The quantitative estimate of drug-likeness (QED) is 0.380. The molecule has 4 aromatic rings. The lowest BCUT2D eigenvalue weighted by atomic mass is 10.1. The van der Waals surface area contributed by atoms with Gasteiger partial charge >= 0.3 is 0 Å². The third-order valence-corrected chi connectivity index (χ3v) is 6.40. The number of amides is 1. The first-order chi connectivity index (χ1) is 17.6. The number of H-pyrrole nitrogens is 1. The third-order valence-electron chi connectivity index (χ3n) is 6.40. The van der Waals surface area contributed by atoms with Crippen LogP contribution >= 0.6 is 0 Å². The minimum absolute atomic E-state index is 0.00925. The molecular formula is C27H29N5O4. The summed E-state index contributed by atoms with van der Waals surface area (Å²) in [4.78, 5) is 24.6. The molecule has 2 aromatic carbocycles. The number of ether oxygens (including phenoxy) is 2. The molecule has 9 heteroatoms. The zero-order valence-electron chi connectivity index (χ0n) is 20.4. The van der Waals surface area contributed by atoms with Gasteiger partial charge in [0.1, 0.15) is 0 Å². The van der Waals surface area contributed by atoms with Gasteiger partial charge in [-0.2, -0.15) is 4.98 Å². The van der Waals surface area contributed by atoms with E-state index in [0.717, 1.165) is 29.7 Å². The summed E-state index contributed by atoms with van der Waals surface area (Å²) in [6.45, 7) is 3.40. The molecule has 3 heterocycles. The standard InChI is InChI=1S/C27H29N5O4/c1-34-23-9-7-19(15-24(23)35-2)8-10-27(33)32-13-11-31(12-14-32)18-25-29-26(36-30-25)16-20-17-28-22-6-4-3-5-21(20)22/h3-10,15,17,28H,11-14,16,18H2,1-2H3/b10-8+. The highest BCUT2D eigenvalue weighted by molar-refractivity contribution is 5.92. The van der Waals surface area contributed by atoms with E-state index in [9.17, 15) is 4.79 Å². The topological polar surface area (TPSA) is 96.7 Å². The van der Waals surface area contributed by atoms with Crippen molar-refractivity contribution < 1.29 is 18.8 Å². The maximum Gasteiger partial charge on any atom is 0.246 e. The van der Waals surface area contributed by atoms with E-state index in [-0.39, 0.29) is 5.91 Å². The van der Waals surface area contributed by atoms with Crippen LogP contribution < -0.4 is 9.47 Å². The molecule has 1 aliphatic heterocycles. The lowest BCUT2D eigenvalue weighted by molar-refractivity contribution is -0.127. The van der Waals surface area contributed by atoms with Gasteiger partial charge in [-0.15, -0.1) is 0 Å². The summed E-state index contributed by atoms with van der Waals surface area (Å²) in [7, 11) is 3.19. The number of nitrogens with zero attached hydrogens (tertiary/aromatic N) is 4. The summed E-state index contributed by atoms with van der Waals surface area (Å²) < 4.78 is 16.1. The predicted molar refractivity (Wildman–Crippen MR) is 136 cm³/mol. The van der Waals surface area contributed by atoms with E-state index in [1.54, 1.807) is 26.4 Å². The molecule has 36 heavy (non-hydrogen) atoms. The number of para-hydroxylation sites is 1. The van der Waals surface area contributed by atoms with Crippen molar-refractivity contribution in [2.45, 2.75) is 13.0 Å². The average molecular weight is 488 g/mol. The molecule has 1 saturated heterocycles. The Kier molecular flexibility index (Phi) is 6.99. The van der Waals surface area contributed by atoms with Gasteiger partial charge < -0.3 is 23.9 Å². The first-order valence-electron chi connectivity index (χ1n) is 11.9. The van der Waals surface area contributed by atoms with Gasteiger partial charge in [-0.1, -0.05) is 29.4 Å². The minimum atomic E-state index is -0.00925. The van der Waals surface area contributed by atoms with Crippen LogP contribution in [0.4, 0.5) is 0 Å². The van der Waals surface area contributed by atoms with E-state index in [2.05, 4.69) is 32.2 Å². The van der Waals surface area contributed by atoms with Crippen LogP contribution in [-0.4, -0.2) is 71.2 Å². The lowest BCUT2D eigenvalue weighted by Crippen LogP contribution is -2.47. The van der Waals surface area contributed by atoms with Crippen molar-refractivity contribution in [3.05, 3.63) is 77.6 Å². The second-order valence-corrected chi connectivity index (χ2v) is 8.69. The predicted octanol–water partition coefficient (Wildman–Crippen LogP) is 3.52. The normalized spacial score (nSPS) is 14.6. The maximum atomic E-state index is 12.7. The number of fused-ring (bicyclic) bond motifs is 1. The number of hydrogen-bond acceptors (Lipinski definition) is 7. The highest BCUT2D eigenvalue weighted by Gasteiger charge is 2.21. The van der Waals surface area contributed by atoms with Gasteiger partial charge in [0.2, 0.25) is 11.8 Å². The van der Waals surface area contributed by atoms with Crippen molar-refractivity contribution >= 4 is 22.9 Å². The fourth-order valence-electron chi connectivity index (χ4n) is 4.42. The van der Waals surface area contributed by atoms with Crippen LogP contribution in [0.5, 0.6) is 11.5 Å². The van der Waals surface area contributed by atoms with E-state index in [0.29, 0.717) is 49.3 Å². The summed E-state index contributed by atoms with van der Waals surface area (Å²) in [5.74, 6) is 2.54. The molecular weight excluding hydrogens is 458 g/mol.